The van der Waals surface area contributed by atoms with E-state index in [2.05, 4.69) is 66.0 Å². The summed E-state index contributed by atoms with van der Waals surface area (Å²) in [5.41, 5.74) is 4.75. The third-order valence-corrected chi connectivity index (χ3v) is 6.12. The van der Waals surface area contributed by atoms with Gasteiger partial charge in [-0.25, -0.2) is 0 Å². The van der Waals surface area contributed by atoms with Crippen molar-refractivity contribution in [1.82, 2.24) is 5.32 Å². The Kier molecular flexibility index (Phi) is 9.51. The summed E-state index contributed by atoms with van der Waals surface area (Å²) >= 11 is 0. The largest absolute Gasteiger partial charge is 0.494 e. The van der Waals surface area contributed by atoms with Crippen LogP contribution in [0.25, 0.3) is 11.1 Å². The molecule has 5 nitrogen and oxygen atoms in total. The second-order valence-corrected chi connectivity index (χ2v) is 9.71. The van der Waals surface area contributed by atoms with Gasteiger partial charge in [-0.2, -0.15) is 0 Å². The van der Waals surface area contributed by atoms with E-state index < -0.39 is 7.60 Å². The molecule has 3 aromatic carbocycles. The molecule has 0 fully saturated rings. The van der Waals surface area contributed by atoms with E-state index in [1.165, 1.54) is 5.56 Å². The molecule has 3 rings (SSSR count). The number of hydrogen-bond acceptors (Lipinski definition) is 3. The monoisotopic (exact) mass is 453 g/mol. The SMILES string of the molecule is O=P(O)(O)CCCNCc1ccc(-c2cccc(OCCCCc3ccccc3)c2)cc1. The summed E-state index contributed by atoms with van der Waals surface area (Å²) in [4.78, 5) is 17.8. The van der Waals surface area contributed by atoms with Crippen LogP contribution in [0, 0.1) is 0 Å². The minimum Gasteiger partial charge on any atom is -0.494 e. The number of ether oxygens (including phenoxy) is 1. The molecule has 0 atom stereocenters. The van der Waals surface area contributed by atoms with Crippen molar-refractivity contribution in [3.63, 3.8) is 0 Å². The highest BCUT2D eigenvalue weighted by Crippen LogP contribution is 2.34. The quantitative estimate of drug-likeness (QED) is 0.238. The van der Waals surface area contributed by atoms with Crippen LogP contribution in [0.2, 0.25) is 0 Å². The van der Waals surface area contributed by atoms with Crippen molar-refractivity contribution in [2.24, 2.45) is 0 Å². The van der Waals surface area contributed by atoms with Crippen LogP contribution in [-0.2, 0) is 17.5 Å². The summed E-state index contributed by atoms with van der Waals surface area (Å²) < 4.78 is 16.8. The Balaban J connectivity index is 1.41. The molecule has 6 heteroatoms. The zero-order chi connectivity index (χ0) is 22.7. The summed E-state index contributed by atoms with van der Waals surface area (Å²) in [7, 11) is -3.90. The molecule has 0 heterocycles. The van der Waals surface area contributed by atoms with Gasteiger partial charge in [-0.1, -0.05) is 66.7 Å². The van der Waals surface area contributed by atoms with E-state index in [-0.39, 0.29) is 6.16 Å². The lowest BCUT2D eigenvalue weighted by Crippen LogP contribution is -2.15. The van der Waals surface area contributed by atoms with E-state index in [9.17, 15) is 4.57 Å². The predicted octanol–water partition coefficient (Wildman–Crippen LogP) is 5.41. The molecule has 0 aromatic heterocycles. The van der Waals surface area contributed by atoms with E-state index >= 15 is 0 Å². The normalized spacial score (nSPS) is 11.4. The summed E-state index contributed by atoms with van der Waals surface area (Å²) in [5.74, 6) is 0.887. The fourth-order valence-electron chi connectivity index (χ4n) is 3.49. The maximum atomic E-state index is 10.9. The van der Waals surface area contributed by atoms with Gasteiger partial charge < -0.3 is 19.8 Å². The summed E-state index contributed by atoms with van der Waals surface area (Å²) in [6.07, 6.45) is 3.59. The maximum absolute atomic E-state index is 10.9. The standard InChI is InChI=1S/C26H32NO4P/c28-32(29,30)19-7-17-27-21-23-13-15-24(16-14-23)25-11-6-12-26(20-25)31-18-5-4-10-22-8-2-1-3-9-22/h1-3,6,8-9,11-16,20,27H,4-5,7,10,17-19,21H2,(H2,28,29,30). The van der Waals surface area contributed by atoms with Gasteiger partial charge in [0.1, 0.15) is 5.75 Å². The van der Waals surface area contributed by atoms with E-state index in [0.29, 0.717) is 26.1 Å². The van der Waals surface area contributed by atoms with Crippen molar-refractivity contribution in [2.75, 3.05) is 19.3 Å². The molecule has 0 aliphatic heterocycles. The minimum absolute atomic E-state index is 0.0790. The van der Waals surface area contributed by atoms with Crippen LogP contribution < -0.4 is 10.1 Å². The number of benzene rings is 3. The average molecular weight is 454 g/mol. The molecule has 32 heavy (non-hydrogen) atoms. The first-order chi connectivity index (χ1) is 15.5. The van der Waals surface area contributed by atoms with Crippen molar-refractivity contribution in [3.8, 4) is 16.9 Å². The Bertz CT molecular complexity index is 986. The highest BCUT2D eigenvalue weighted by atomic mass is 31.2. The van der Waals surface area contributed by atoms with Crippen LogP contribution in [0.3, 0.4) is 0 Å². The van der Waals surface area contributed by atoms with Crippen molar-refractivity contribution in [1.29, 1.82) is 0 Å². The smallest absolute Gasteiger partial charge is 0.325 e. The number of hydrogen-bond donors (Lipinski definition) is 3. The fourth-order valence-corrected chi connectivity index (χ4v) is 4.06. The van der Waals surface area contributed by atoms with Gasteiger partial charge in [-0.15, -0.1) is 0 Å². The highest BCUT2D eigenvalue weighted by Gasteiger charge is 2.11. The number of unbranched alkanes of at least 4 members (excludes halogenated alkanes) is 1. The lowest BCUT2D eigenvalue weighted by atomic mass is 10.0. The molecule has 3 aromatic rings. The molecule has 0 saturated heterocycles. The first kappa shape index (κ1) is 24.2. The third kappa shape index (κ3) is 8.97. The van der Waals surface area contributed by atoms with Crippen LogP contribution in [0.15, 0.2) is 78.9 Å². The third-order valence-electron chi connectivity index (χ3n) is 5.22. The van der Waals surface area contributed by atoms with Crippen molar-refractivity contribution >= 4 is 7.60 Å². The summed E-state index contributed by atoms with van der Waals surface area (Å²) in [6.45, 7) is 1.97. The first-order valence-corrected chi connectivity index (χ1v) is 12.9. The van der Waals surface area contributed by atoms with Crippen LogP contribution in [0.1, 0.15) is 30.4 Å². The Morgan fingerprint density at radius 1 is 0.781 bits per heavy atom. The first-order valence-electron chi connectivity index (χ1n) is 11.1. The van der Waals surface area contributed by atoms with Crippen molar-refractivity contribution < 1.29 is 19.1 Å². The zero-order valence-corrected chi connectivity index (χ0v) is 19.2. The van der Waals surface area contributed by atoms with Gasteiger partial charge in [0.15, 0.2) is 0 Å². The van der Waals surface area contributed by atoms with Gasteiger partial charge in [0, 0.05) is 6.54 Å². The van der Waals surface area contributed by atoms with Crippen LogP contribution >= 0.6 is 7.60 Å². The molecule has 0 bridgehead atoms. The molecule has 0 spiro atoms. The van der Waals surface area contributed by atoms with Gasteiger partial charge in [-0.3, -0.25) is 4.57 Å². The molecular weight excluding hydrogens is 421 g/mol. The van der Waals surface area contributed by atoms with Gasteiger partial charge >= 0.3 is 7.60 Å². The molecule has 0 amide bonds. The topological polar surface area (TPSA) is 78.8 Å². The molecular formula is C26H32NO4P. The predicted molar refractivity (Wildman–Crippen MR) is 130 cm³/mol. The Hall–Kier alpha value is -2.43. The van der Waals surface area contributed by atoms with Crippen molar-refractivity contribution in [2.45, 2.75) is 32.2 Å². The van der Waals surface area contributed by atoms with E-state index in [1.54, 1.807) is 0 Å². The Morgan fingerprint density at radius 2 is 1.56 bits per heavy atom. The lowest BCUT2D eigenvalue weighted by Gasteiger charge is -2.10. The molecule has 3 N–H and O–H groups in total. The van der Waals surface area contributed by atoms with Crippen molar-refractivity contribution in [3.05, 3.63) is 90.0 Å². The molecule has 0 unspecified atom stereocenters. The zero-order valence-electron chi connectivity index (χ0n) is 18.3. The second kappa shape index (κ2) is 12.6. The molecule has 0 aliphatic carbocycles. The number of rotatable bonds is 13. The molecule has 0 saturated carbocycles. The van der Waals surface area contributed by atoms with Crippen LogP contribution in [-0.4, -0.2) is 29.1 Å². The number of aryl methyl sites for hydroxylation is 1. The maximum Gasteiger partial charge on any atom is 0.325 e. The lowest BCUT2D eigenvalue weighted by molar-refractivity contribution is 0.307. The summed E-state index contributed by atoms with van der Waals surface area (Å²) in [6, 6.07) is 27.0. The van der Waals surface area contributed by atoms with Crippen LogP contribution in [0.5, 0.6) is 5.75 Å². The van der Waals surface area contributed by atoms with E-state index in [0.717, 1.165) is 41.7 Å². The Labute approximate surface area is 190 Å². The van der Waals surface area contributed by atoms with E-state index in [1.807, 2.05) is 18.2 Å². The van der Waals surface area contributed by atoms with E-state index in [4.69, 9.17) is 14.5 Å². The minimum atomic E-state index is -3.90. The van der Waals surface area contributed by atoms with Gasteiger partial charge in [0.2, 0.25) is 0 Å². The second-order valence-electron chi connectivity index (χ2n) is 7.93. The Morgan fingerprint density at radius 3 is 2.31 bits per heavy atom. The van der Waals surface area contributed by atoms with Gasteiger partial charge in [0.05, 0.1) is 12.8 Å². The summed E-state index contributed by atoms with van der Waals surface area (Å²) in [5, 5.41) is 3.22. The van der Waals surface area contributed by atoms with Gasteiger partial charge in [0.25, 0.3) is 0 Å². The van der Waals surface area contributed by atoms with Gasteiger partial charge in [-0.05, 0) is 66.6 Å². The fraction of sp³-hybridized carbons (Fsp3) is 0.308. The number of nitrogens with one attached hydrogen (secondary N) is 1. The highest BCUT2D eigenvalue weighted by molar-refractivity contribution is 7.51. The molecule has 0 aliphatic rings. The molecule has 170 valence electrons. The molecule has 0 radical (unpaired) electrons. The average Bonchev–Trinajstić information content (AvgIpc) is 2.79. The van der Waals surface area contributed by atoms with Crippen LogP contribution in [0.4, 0.5) is 0 Å².